The lowest BCUT2D eigenvalue weighted by molar-refractivity contribution is 0.255. The Hall–Kier alpha value is -1.68. The van der Waals surface area contributed by atoms with Gasteiger partial charge in [0.05, 0.1) is 12.5 Å². The second-order valence-electron chi connectivity index (χ2n) is 3.13. The molecule has 4 nitrogen and oxygen atoms in total. The maximum atomic E-state index is 9.78. The highest BCUT2D eigenvalue weighted by Crippen LogP contribution is 2.29. The summed E-state index contributed by atoms with van der Waals surface area (Å²) in [7, 11) is 0. The number of furan rings is 2. The molecule has 2 aromatic heterocycles. The van der Waals surface area contributed by atoms with E-state index in [1.54, 1.807) is 12.1 Å². The zero-order chi connectivity index (χ0) is 10.1. The molecule has 0 aliphatic rings. The number of hydrogen-bond donors (Lipinski definition) is 1. The molecule has 2 rings (SSSR count). The molecule has 0 fully saturated rings. The number of aryl methyl sites for hydroxylation is 2. The molecule has 0 bridgehead atoms. The van der Waals surface area contributed by atoms with Gasteiger partial charge < -0.3 is 8.83 Å². The number of hydrogen-bond acceptors (Lipinski definition) is 4. The third-order valence-electron chi connectivity index (χ3n) is 2.05. The topological polar surface area (TPSA) is 49.8 Å². The quantitative estimate of drug-likeness (QED) is 0.745. The fraction of sp³-hybridized carbons (Fsp3) is 0.200. The third-order valence-corrected chi connectivity index (χ3v) is 2.05. The predicted octanol–water partition coefficient (Wildman–Crippen LogP) is 3.02. The van der Waals surface area contributed by atoms with Crippen LogP contribution in [-0.2, 0) is 0 Å². The van der Waals surface area contributed by atoms with E-state index in [-0.39, 0.29) is 0 Å². The lowest BCUT2D eigenvalue weighted by Gasteiger charge is -2.11. The minimum Gasteiger partial charge on any atom is -0.446 e. The molecule has 74 valence electrons. The molecule has 0 aromatic carbocycles. The van der Waals surface area contributed by atoms with Crippen molar-refractivity contribution in [2.45, 2.75) is 13.8 Å². The Morgan fingerprint density at radius 3 is 1.71 bits per heavy atom. The first-order valence-electron chi connectivity index (χ1n) is 4.27. The highest BCUT2D eigenvalue weighted by atomic mass is 16.6. The van der Waals surface area contributed by atoms with Gasteiger partial charge in [-0.3, -0.25) is 5.21 Å². The summed E-state index contributed by atoms with van der Waals surface area (Å²) in [5.74, 6) is 0.756. The van der Waals surface area contributed by atoms with Crippen molar-refractivity contribution in [1.82, 2.24) is 0 Å². The largest absolute Gasteiger partial charge is 0.446 e. The van der Waals surface area contributed by atoms with Crippen LogP contribution in [0.25, 0.3) is 0 Å². The monoisotopic (exact) mass is 193 g/mol. The van der Waals surface area contributed by atoms with Gasteiger partial charge in [-0.05, 0) is 26.0 Å². The van der Waals surface area contributed by atoms with E-state index < -0.39 is 0 Å². The molecule has 0 amide bonds. The molecule has 0 spiro atoms. The van der Waals surface area contributed by atoms with E-state index in [2.05, 4.69) is 0 Å². The summed E-state index contributed by atoms with van der Waals surface area (Å²) in [6.45, 7) is 3.70. The standard InChI is InChI=1S/C10H11NO3/c1-7-3-5-13-9(7)11(12)10-8(2)4-6-14-10/h3-6,12H,1-2H3. The zero-order valence-electron chi connectivity index (χ0n) is 8.02. The smallest absolute Gasteiger partial charge is 0.229 e. The van der Waals surface area contributed by atoms with Crippen molar-refractivity contribution in [3.05, 3.63) is 35.8 Å². The highest BCUT2D eigenvalue weighted by Gasteiger charge is 2.16. The van der Waals surface area contributed by atoms with Crippen LogP contribution in [0.2, 0.25) is 0 Å². The van der Waals surface area contributed by atoms with Crippen LogP contribution >= 0.6 is 0 Å². The molecule has 1 N–H and O–H groups in total. The van der Waals surface area contributed by atoms with Crippen LogP contribution in [0, 0.1) is 13.8 Å². The molecular formula is C10H11NO3. The van der Waals surface area contributed by atoms with E-state index in [4.69, 9.17) is 8.83 Å². The Balaban J connectivity index is 2.38. The van der Waals surface area contributed by atoms with Crippen LogP contribution in [0.4, 0.5) is 11.8 Å². The molecule has 0 saturated heterocycles. The molecular weight excluding hydrogens is 182 g/mol. The summed E-state index contributed by atoms with van der Waals surface area (Å²) in [5, 5.41) is 10.7. The molecule has 0 saturated carbocycles. The number of anilines is 2. The molecule has 0 unspecified atom stereocenters. The summed E-state index contributed by atoms with van der Waals surface area (Å²) in [6.07, 6.45) is 3.04. The SMILES string of the molecule is Cc1ccoc1N(O)c1occc1C. The first-order chi connectivity index (χ1) is 6.70. The summed E-state index contributed by atoms with van der Waals surface area (Å²) in [4.78, 5) is 0. The average molecular weight is 193 g/mol. The summed E-state index contributed by atoms with van der Waals surface area (Å²) in [6, 6.07) is 3.55. The average Bonchev–Trinajstić information content (AvgIpc) is 2.73. The van der Waals surface area contributed by atoms with Gasteiger partial charge in [0.25, 0.3) is 0 Å². The van der Waals surface area contributed by atoms with Gasteiger partial charge >= 0.3 is 0 Å². The first kappa shape index (κ1) is 8.90. The van der Waals surface area contributed by atoms with Crippen molar-refractivity contribution in [1.29, 1.82) is 0 Å². The maximum Gasteiger partial charge on any atom is 0.229 e. The second kappa shape index (κ2) is 3.23. The molecule has 0 atom stereocenters. The Morgan fingerprint density at radius 2 is 1.43 bits per heavy atom. The summed E-state index contributed by atoms with van der Waals surface area (Å²) in [5.41, 5.74) is 1.70. The minimum absolute atomic E-state index is 0.378. The molecule has 2 aromatic rings. The van der Waals surface area contributed by atoms with E-state index >= 15 is 0 Å². The van der Waals surface area contributed by atoms with Gasteiger partial charge in [0.2, 0.25) is 11.8 Å². The predicted molar refractivity (Wildman–Crippen MR) is 50.8 cm³/mol. The summed E-state index contributed by atoms with van der Waals surface area (Å²) >= 11 is 0. The van der Waals surface area contributed by atoms with E-state index in [1.807, 2.05) is 13.8 Å². The van der Waals surface area contributed by atoms with E-state index in [0.29, 0.717) is 11.8 Å². The van der Waals surface area contributed by atoms with Crippen LogP contribution in [0.5, 0.6) is 0 Å². The number of rotatable bonds is 2. The van der Waals surface area contributed by atoms with E-state index in [9.17, 15) is 5.21 Å². The van der Waals surface area contributed by atoms with Gasteiger partial charge in [-0.15, -0.1) is 0 Å². The molecule has 2 heterocycles. The first-order valence-corrected chi connectivity index (χ1v) is 4.27. The normalized spacial score (nSPS) is 10.5. The second-order valence-corrected chi connectivity index (χ2v) is 3.13. The van der Waals surface area contributed by atoms with Gasteiger partial charge in [0.15, 0.2) is 0 Å². The van der Waals surface area contributed by atoms with Gasteiger partial charge in [-0.1, -0.05) is 0 Å². The van der Waals surface area contributed by atoms with E-state index in [1.165, 1.54) is 12.5 Å². The molecule has 0 aliphatic carbocycles. The van der Waals surface area contributed by atoms with Gasteiger partial charge in [-0.25, -0.2) is 0 Å². The van der Waals surface area contributed by atoms with Crippen LogP contribution < -0.4 is 5.06 Å². The Labute approximate surface area is 81.3 Å². The van der Waals surface area contributed by atoms with Crippen molar-refractivity contribution in [3.63, 3.8) is 0 Å². The highest BCUT2D eigenvalue weighted by molar-refractivity contribution is 5.55. The fourth-order valence-electron chi connectivity index (χ4n) is 1.26. The number of nitrogens with zero attached hydrogens (tertiary/aromatic N) is 1. The van der Waals surface area contributed by atoms with Gasteiger partial charge in [-0.2, -0.15) is 5.06 Å². The van der Waals surface area contributed by atoms with Crippen molar-refractivity contribution in [2.24, 2.45) is 0 Å². The Bertz CT molecular complexity index is 390. The molecule has 0 aliphatic heterocycles. The Morgan fingerprint density at radius 1 is 1.00 bits per heavy atom. The van der Waals surface area contributed by atoms with Crippen molar-refractivity contribution in [2.75, 3.05) is 5.06 Å². The van der Waals surface area contributed by atoms with Crippen LogP contribution in [0.1, 0.15) is 11.1 Å². The lowest BCUT2D eigenvalue weighted by atomic mass is 10.3. The van der Waals surface area contributed by atoms with Crippen molar-refractivity contribution >= 4 is 11.8 Å². The van der Waals surface area contributed by atoms with Crippen LogP contribution in [0.3, 0.4) is 0 Å². The molecule has 4 heteroatoms. The van der Waals surface area contributed by atoms with E-state index in [0.717, 1.165) is 16.2 Å². The minimum atomic E-state index is 0.378. The van der Waals surface area contributed by atoms with Crippen LogP contribution in [0.15, 0.2) is 33.5 Å². The van der Waals surface area contributed by atoms with Gasteiger partial charge in [0, 0.05) is 11.1 Å². The fourth-order valence-corrected chi connectivity index (χ4v) is 1.26. The molecule has 14 heavy (non-hydrogen) atoms. The van der Waals surface area contributed by atoms with Crippen LogP contribution in [-0.4, -0.2) is 5.21 Å². The van der Waals surface area contributed by atoms with Gasteiger partial charge in [0.1, 0.15) is 0 Å². The third kappa shape index (κ3) is 1.29. The molecule has 0 radical (unpaired) electrons. The van der Waals surface area contributed by atoms with Crippen molar-refractivity contribution in [3.8, 4) is 0 Å². The lowest BCUT2D eigenvalue weighted by Crippen LogP contribution is -2.10. The summed E-state index contributed by atoms with van der Waals surface area (Å²) < 4.78 is 10.2. The maximum absolute atomic E-state index is 9.78. The van der Waals surface area contributed by atoms with Crippen molar-refractivity contribution < 1.29 is 14.0 Å². The zero-order valence-corrected chi connectivity index (χ0v) is 8.02. The Kier molecular flexibility index (Phi) is 2.05.